The van der Waals surface area contributed by atoms with Gasteiger partial charge in [0.05, 0.1) is 0 Å². The highest BCUT2D eigenvalue weighted by Crippen LogP contribution is 2.17. The van der Waals surface area contributed by atoms with Crippen LogP contribution in [0.2, 0.25) is 0 Å². The van der Waals surface area contributed by atoms with Gasteiger partial charge in [-0.3, -0.25) is 9.59 Å². The second kappa shape index (κ2) is 3.68. The van der Waals surface area contributed by atoms with Gasteiger partial charge in [0.15, 0.2) is 0 Å². The third-order valence-electron chi connectivity index (χ3n) is 2.53. The van der Waals surface area contributed by atoms with Gasteiger partial charge in [-0.05, 0) is 37.5 Å². The summed E-state index contributed by atoms with van der Waals surface area (Å²) in [4.78, 5) is 26.0. The molecule has 0 aromatic carbocycles. The number of carbonyl (C=O) groups is 2. The molecule has 1 aromatic rings. The molecule has 4 N–H and O–H groups in total. The van der Waals surface area contributed by atoms with E-state index in [2.05, 4.69) is 4.98 Å². The Balaban J connectivity index is 3.59. The summed E-state index contributed by atoms with van der Waals surface area (Å²) in [6, 6.07) is 0. The van der Waals surface area contributed by atoms with Crippen LogP contribution < -0.4 is 11.5 Å². The number of carbonyl (C=O) groups excluding carboxylic acids is 2. The second-order valence-corrected chi connectivity index (χ2v) is 3.41. The largest absolute Gasteiger partial charge is 0.364 e. The first-order valence-electron chi connectivity index (χ1n) is 4.43. The summed E-state index contributed by atoms with van der Waals surface area (Å²) >= 11 is 0. The summed E-state index contributed by atoms with van der Waals surface area (Å²) in [6.07, 6.45) is 0. The van der Waals surface area contributed by atoms with Crippen LogP contribution in [0.4, 0.5) is 0 Å². The lowest BCUT2D eigenvalue weighted by molar-refractivity contribution is 0.0991. The first-order chi connectivity index (χ1) is 6.86. The van der Waals surface area contributed by atoms with Gasteiger partial charge < -0.3 is 11.5 Å². The zero-order chi connectivity index (χ0) is 11.7. The van der Waals surface area contributed by atoms with E-state index in [9.17, 15) is 9.59 Å². The quantitative estimate of drug-likeness (QED) is 0.724. The van der Waals surface area contributed by atoms with E-state index in [0.29, 0.717) is 11.1 Å². The molecule has 0 aliphatic rings. The molecule has 80 valence electrons. The summed E-state index contributed by atoms with van der Waals surface area (Å²) in [5, 5.41) is 0. The van der Waals surface area contributed by atoms with E-state index < -0.39 is 11.8 Å². The lowest BCUT2D eigenvalue weighted by atomic mass is 10.0. The summed E-state index contributed by atoms with van der Waals surface area (Å²) in [5.74, 6) is -1.31. The van der Waals surface area contributed by atoms with Crippen molar-refractivity contribution in [2.45, 2.75) is 20.8 Å². The molecule has 0 saturated heterocycles. The molecule has 0 bridgehead atoms. The van der Waals surface area contributed by atoms with Gasteiger partial charge in [0.2, 0.25) is 0 Å². The molecule has 0 radical (unpaired) electrons. The maximum atomic E-state index is 11.1. The highest BCUT2D eigenvalue weighted by Gasteiger charge is 2.17. The lowest BCUT2D eigenvalue weighted by Gasteiger charge is -2.11. The van der Waals surface area contributed by atoms with Gasteiger partial charge in [-0.1, -0.05) is 0 Å². The van der Waals surface area contributed by atoms with E-state index in [1.807, 2.05) is 0 Å². The fraction of sp³-hybridized carbons (Fsp3) is 0.300. The van der Waals surface area contributed by atoms with E-state index in [0.717, 1.165) is 5.56 Å². The van der Waals surface area contributed by atoms with Crippen LogP contribution in [0.3, 0.4) is 0 Å². The van der Waals surface area contributed by atoms with Crippen molar-refractivity contribution in [3.8, 4) is 0 Å². The first-order valence-corrected chi connectivity index (χ1v) is 4.43. The molecule has 2 amide bonds. The number of rotatable bonds is 2. The van der Waals surface area contributed by atoms with Gasteiger partial charge in [0, 0.05) is 0 Å². The smallest absolute Gasteiger partial charge is 0.267 e. The molecule has 0 unspecified atom stereocenters. The Bertz CT molecular complexity index is 414. The van der Waals surface area contributed by atoms with Crippen LogP contribution in [-0.4, -0.2) is 16.8 Å². The van der Waals surface area contributed by atoms with Gasteiger partial charge in [-0.15, -0.1) is 0 Å². The van der Waals surface area contributed by atoms with Gasteiger partial charge >= 0.3 is 0 Å². The zero-order valence-electron chi connectivity index (χ0n) is 8.92. The van der Waals surface area contributed by atoms with Gasteiger partial charge in [-0.25, -0.2) is 4.98 Å². The maximum absolute atomic E-state index is 11.1. The summed E-state index contributed by atoms with van der Waals surface area (Å²) in [7, 11) is 0. The van der Waals surface area contributed by atoms with Crippen LogP contribution in [0.25, 0.3) is 0 Å². The first kappa shape index (κ1) is 11.2. The Morgan fingerprint density at radius 1 is 0.867 bits per heavy atom. The molecular weight excluding hydrogens is 194 g/mol. The molecule has 15 heavy (non-hydrogen) atoms. The molecule has 1 rings (SSSR count). The fourth-order valence-electron chi connectivity index (χ4n) is 1.40. The molecule has 0 atom stereocenters. The number of primary amides is 2. The molecule has 0 aliphatic heterocycles. The number of nitrogens with zero attached hydrogens (tertiary/aromatic N) is 1. The van der Waals surface area contributed by atoms with Crippen LogP contribution in [0.15, 0.2) is 0 Å². The Morgan fingerprint density at radius 2 is 1.20 bits per heavy atom. The summed E-state index contributed by atoms with van der Waals surface area (Å²) in [5.41, 5.74) is 12.7. The predicted molar refractivity (Wildman–Crippen MR) is 55.5 cm³/mol. The number of hydrogen-bond acceptors (Lipinski definition) is 3. The van der Waals surface area contributed by atoms with Crippen molar-refractivity contribution >= 4 is 11.8 Å². The molecule has 0 spiro atoms. The average Bonchev–Trinajstić information content (AvgIpc) is 2.13. The third kappa shape index (κ3) is 1.81. The minimum absolute atomic E-state index is 0.104. The number of pyridine rings is 1. The Kier molecular flexibility index (Phi) is 2.74. The Morgan fingerprint density at radius 3 is 1.47 bits per heavy atom. The van der Waals surface area contributed by atoms with Crippen molar-refractivity contribution in [2.24, 2.45) is 11.5 Å². The van der Waals surface area contributed by atoms with Crippen LogP contribution in [0.1, 0.15) is 37.7 Å². The van der Waals surface area contributed by atoms with Crippen molar-refractivity contribution in [3.05, 3.63) is 28.1 Å². The fourth-order valence-corrected chi connectivity index (χ4v) is 1.40. The maximum Gasteiger partial charge on any atom is 0.267 e. The van der Waals surface area contributed by atoms with Crippen molar-refractivity contribution in [1.82, 2.24) is 4.98 Å². The molecule has 0 saturated carbocycles. The SMILES string of the molecule is Cc1c(C(N)=O)nc(C(N)=O)c(C)c1C. The predicted octanol–water partition coefficient (Wildman–Crippen LogP) is 0.205. The number of aromatic nitrogens is 1. The van der Waals surface area contributed by atoms with Crippen molar-refractivity contribution in [2.75, 3.05) is 0 Å². The third-order valence-corrected chi connectivity index (χ3v) is 2.53. The monoisotopic (exact) mass is 207 g/mol. The molecule has 5 heteroatoms. The highest BCUT2D eigenvalue weighted by atomic mass is 16.1. The van der Waals surface area contributed by atoms with Crippen LogP contribution >= 0.6 is 0 Å². The van der Waals surface area contributed by atoms with Crippen molar-refractivity contribution in [1.29, 1.82) is 0 Å². The molecule has 1 aromatic heterocycles. The minimum atomic E-state index is -0.655. The van der Waals surface area contributed by atoms with Crippen molar-refractivity contribution in [3.63, 3.8) is 0 Å². The molecule has 5 nitrogen and oxygen atoms in total. The molecular formula is C10H13N3O2. The van der Waals surface area contributed by atoms with Crippen molar-refractivity contribution < 1.29 is 9.59 Å². The normalized spacial score (nSPS) is 10.1. The van der Waals surface area contributed by atoms with Crippen LogP contribution in [-0.2, 0) is 0 Å². The van der Waals surface area contributed by atoms with Crippen LogP contribution in [0, 0.1) is 20.8 Å². The average molecular weight is 207 g/mol. The number of nitrogens with two attached hydrogens (primary N) is 2. The van der Waals surface area contributed by atoms with E-state index >= 15 is 0 Å². The van der Waals surface area contributed by atoms with E-state index in [-0.39, 0.29) is 11.4 Å². The van der Waals surface area contributed by atoms with E-state index in [1.54, 1.807) is 20.8 Å². The van der Waals surface area contributed by atoms with Gasteiger partial charge in [0.25, 0.3) is 11.8 Å². The molecule has 1 heterocycles. The lowest BCUT2D eigenvalue weighted by Crippen LogP contribution is -2.22. The zero-order valence-corrected chi connectivity index (χ0v) is 8.92. The van der Waals surface area contributed by atoms with Gasteiger partial charge in [0.1, 0.15) is 11.4 Å². The van der Waals surface area contributed by atoms with Crippen LogP contribution in [0.5, 0.6) is 0 Å². The topological polar surface area (TPSA) is 99.1 Å². The second-order valence-electron chi connectivity index (χ2n) is 3.41. The van der Waals surface area contributed by atoms with E-state index in [1.165, 1.54) is 0 Å². The van der Waals surface area contributed by atoms with Gasteiger partial charge in [-0.2, -0.15) is 0 Å². The summed E-state index contributed by atoms with van der Waals surface area (Å²) in [6.45, 7) is 5.27. The Hall–Kier alpha value is -1.91. The standard InChI is InChI=1S/C10H13N3O2/c1-4-5(2)7(9(11)14)13-8(6(4)3)10(12)15/h1-3H3,(H2,11,14)(H2,12,15). The highest BCUT2D eigenvalue weighted by molar-refractivity contribution is 5.97. The number of amides is 2. The van der Waals surface area contributed by atoms with E-state index in [4.69, 9.17) is 11.5 Å². The number of hydrogen-bond donors (Lipinski definition) is 2. The molecule has 0 aliphatic carbocycles. The Labute approximate surface area is 87.5 Å². The minimum Gasteiger partial charge on any atom is -0.364 e. The molecule has 0 fully saturated rings. The summed E-state index contributed by atoms with van der Waals surface area (Å²) < 4.78 is 0.